The SMILES string of the molecule is CC(=O)CCCCCCCCCCCCCCCO. The summed E-state index contributed by atoms with van der Waals surface area (Å²) in [6.45, 7) is 2.04. The highest BCUT2D eigenvalue weighted by atomic mass is 16.2. The van der Waals surface area contributed by atoms with Crippen molar-refractivity contribution in [2.24, 2.45) is 0 Å². The van der Waals surface area contributed by atoms with E-state index in [0.29, 0.717) is 12.4 Å². The van der Waals surface area contributed by atoms with Gasteiger partial charge in [-0.05, 0) is 19.8 Å². The second-order valence-electron chi connectivity index (χ2n) is 5.77. The van der Waals surface area contributed by atoms with Crippen molar-refractivity contribution >= 4 is 5.78 Å². The first-order valence-corrected chi connectivity index (χ1v) is 8.37. The van der Waals surface area contributed by atoms with Crippen LogP contribution in [0.25, 0.3) is 0 Å². The van der Waals surface area contributed by atoms with Gasteiger partial charge in [0, 0.05) is 13.0 Å². The Bertz CT molecular complexity index is 190. The molecule has 0 rings (SSSR count). The Kier molecular flexibility index (Phi) is 15.4. The quantitative estimate of drug-likeness (QED) is 0.424. The van der Waals surface area contributed by atoms with Crippen LogP contribution in [-0.2, 0) is 4.79 Å². The van der Waals surface area contributed by atoms with E-state index in [0.717, 1.165) is 19.3 Å². The van der Waals surface area contributed by atoms with Crippen molar-refractivity contribution in [1.29, 1.82) is 0 Å². The van der Waals surface area contributed by atoms with Crippen molar-refractivity contribution in [1.82, 2.24) is 0 Å². The van der Waals surface area contributed by atoms with Crippen LogP contribution < -0.4 is 0 Å². The fourth-order valence-corrected chi connectivity index (χ4v) is 2.43. The Balaban J connectivity index is 2.93. The molecule has 0 bridgehead atoms. The third-order valence-corrected chi connectivity index (χ3v) is 3.69. The third kappa shape index (κ3) is 17.6. The number of unbranched alkanes of at least 4 members (excludes halogenated alkanes) is 12. The molecule has 0 saturated heterocycles. The lowest BCUT2D eigenvalue weighted by molar-refractivity contribution is -0.117. The molecular formula is C17H34O2. The average molecular weight is 270 g/mol. The minimum absolute atomic E-state index is 0.332. The van der Waals surface area contributed by atoms with Gasteiger partial charge < -0.3 is 9.90 Å². The van der Waals surface area contributed by atoms with E-state index in [9.17, 15) is 4.79 Å². The molecule has 19 heavy (non-hydrogen) atoms. The van der Waals surface area contributed by atoms with Crippen LogP contribution in [0.2, 0.25) is 0 Å². The number of ketones is 1. The summed E-state index contributed by atoms with van der Waals surface area (Å²) in [6.07, 6.45) is 17.4. The molecule has 1 N–H and O–H groups in total. The Morgan fingerprint density at radius 2 is 0.947 bits per heavy atom. The maximum absolute atomic E-state index is 10.7. The van der Waals surface area contributed by atoms with E-state index in [1.165, 1.54) is 70.6 Å². The number of hydrogen-bond acceptors (Lipinski definition) is 2. The van der Waals surface area contributed by atoms with Gasteiger partial charge in [-0.2, -0.15) is 0 Å². The molecule has 2 heteroatoms. The zero-order valence-electron chi connectivity index (χ0n) is 13.0. The average Bonchev–Trinajstić information content (AvgIpc) is 2.39. The molecule has 0 aromatic heterocycles. The molecule has 2 nitrogen and oxygen atoms in total. The fraction of sp³-hybridized carbons (Fsp3) is 0.941. The molecule has 0 saturated carbocycles. The van der Waals surface area contributed by atoms with Gasteiger partial charge in [-0.1, -0.05) is 70.6 Å². The van der Waals surface area contributed by atoms with Crippen LogP contribution in [0, 0.1) is 0 Å². The maximum Gasteiger partial charge on any atom is 0.129 e. The van der Waals surface area contributed by atoms with E-state index in [1.807, 2.05) is 0 Å². The van der Waals surface area contributed by atoms with Crippen molar-refractivity contribution < 1.29 is 9.90 Å². The van der Waals surface area contributed by atoms with Gasteiger partial charge in [0.1, 0.15) is 5.78 Å². The van der Waals surface area contributed by atoms with Gasteiger partial charge in [0.05, 0.1) is 0 Å². The van der Waals surface area contributed by atoms with Crippen molar-refractivity contribution in [2.75, 3.05) is 6.61 Å². The van der Waals surface area contributed by atoms with E-state index < -0.39 is 0 Å². The van der Waals surface area contributed by atoms with Crippen LogP contribution >= 0.6 is 0 Å². The van der Waals surface area contributed by atoms with Crippen molar-refractivity contribution in [3.05, 3.63) is 0 Å². The predicted molar refractivity (Wildman–Crippen MR) is 82.4 cm³/mol. The molecule has 0 aliphatic heterocycles. The lowest BCUT2D eigenvalue weighted by Gasteiger charge is -2.02. The molecule has 0 aliphatic carbocycles. The van der Waals surface area contributed by atoms with Gasteiger partial charge in [0.25, 0.3) is 0 Å². The normalized spacial score (nSPS) is 10.8. The fourth-order valence-electron chi connectivity index (χ4n) is 2.43. The molecule has 114 valence electrons. The zero-order chi connectivity index (χ0) is 14.2. The van der Waals surface area contributed by atoms with Crippen molar-refractivity contribution in [3.63, 3.8) is 0 Å². The molecular weight excluding hydrogens is 236 g/mol. The summed E-state index contributed by atoms with van der Waals surface area (Å²) >= 11 is 0. The molecule has 0 atom stereocenters. The Hall–Kier alpha value is -0.370. The number of carbonyl (C=O) groups excluding carboxylic acids is 1. The van der Waals surface area contributed by atoms with Gasteiger partial charge in [-0.3, -0.25) is 0 Å². The number of aliphatic hydroxyl groups excluding tert-OH is 1. The van der Waals surface area contributed by atoms with Crippen LogP contribution in [0.5, 0.6) is 0 Å². The summed E-state index contributed by atoms with van der Waals surface area (Å²) in [4.78, 5) is 10.7. The summed E-state index contributed by atoms with van der Waals surface area (Å²) in [5, 5.41) is 8.65. The number of rotatable bonds is 15. The van der Waals surface area contributed by atoms with Crippen LogP contribution in [0.15, 0.2) is 0 Å². The summed E-state index contributed by atoms with van der Waals surface area (Å²) in [6, 6.07) is 0. The topological polar surface area (TPSA) is 37.3 Å². The Labute approximate surface area is 120 Å². The number of aliphatic hydroxyl groups is 1. The van der Waals surface area contributed by atoms with Crippen LogP contribution in [0.3, 0.4) is 0 Å². The van der Waals surface area contributed by atoms with Gasteiger partial charge >= 0.3 is 0 Å². The second-order valence-corrected chi connectivity index (χ2v) is 5.77. The molecule has 0 heterocycles. The summed E-state index contributed by atoms with van der Waals surface area (Å²) < 4.78 is 0. The summed E-state index contributed by atoms with van der Waals surface area (Å²) in [7, 11) is 0. The van der Waals surface area contributed by atoms with Crippen LogP contribution in [0.4, 0.5) is 0 Å². The van der Waals surface area contributed by atoms with Gasteiger partial charge in [-0.25, -0.2) is 0 Å². The largest absolute Gasteiger partial charge is 0.396 e. The minimum Gasteiger partial charge on any atom is -0.396 e. The first-order chi connectivity index (χ1) is 9.27. The predicted octanol–water partition coefficient (Wildman–Crippen LogP) is 5.03. The zero-order valence-corrected chi connectivity index (χ0v) is 13.0. The van der Waals surface area contributed by atoms with E-state index in [1.54, 1.807) is 6.92 Å². The molecule has 0 radical (unpaired) electrons. The smallest absolute Gasteiger partial charge is 0.129 e. The van der Waals surface area contributed by atoms with E-state index in [4.69, 9.17) is 5.11 Å². The Morgan fingerprint density at radius 3 is 1.26 bits per heavy atom. The number of carbonyl (C=O) groups is 1. The highest BCUT2D eigenvalue weighted by Crippen LogP contribution is 2.12. The second kappa shape index (κ2) is 15.7. The standard InChI is InChI=1S/C17H34O2/c1-17(19)15-13-11-9-7-5-3-2-4-6-8-10-12-14-16-18/h18H,2-16H2,1H3. The monoisotopic (exact) mass is 270 g/mol. The maximum atomic E-state index is 10.7. The molecule has 0 aliphatic rings. The van der Waals surface area contributed by atoms with Gasteiger partial charge in [0.15, 0.2) is 0 Å². The summed E-state index contributed by atoms with van der Waals surface area (Å²) in [5.41, 5.74) is 0. The minimum atomic E-state index is 0.332. The van der Waals surface area contributed by atoms with E-state index in [-0.39, 0.29) is 0 Å². The van der Waals surface area contributed by atoms with Crippen molar-refractivity contribution in [2.45, 2.75) is 96.8 Å². The number of hydrogen-bond donors (Lipinski definition) is 1. The number of Topliss-reactive ketones (excluding diaryl/α,β-unsaturated/α-hetero) is 1. The lowest BCUT2D eigenvalue weighted by atomic mass is 10.0. The highest BCUT2D eigenvalue weighted by Gasteiger charge is 1.95. The highest BCUT2D eigenvalue weighted by molar-refractivity contribution is 5.75. The Morgan fingerprint density at radius 1 is 0.632 bits per heavy atom. The summed E-state index contributed by atoms with van der Waals surface area (Å²) in [5.74, 6) is 0.332. The first-order valence-electron chi connectivity index (χ1n) is 8.37. The van der Waals surface area contributed by atoms with E-state index in [2.05, 4.69) is 0 Å². The lowest BCUT2D eigenvalue weighted by Crippen LogP contribution is -1.89. The van der Waals surface area contributed by atoms with Gasteiger partial charge in [-0.15, -0.1) is 0 Å². The van der Waals surface area contributed by atoms with Crippen molar-refractivity contribution in [3.8, 4) is 0 Å². The van der Waals surface area contributed by atoms with E-state index >= 15 is 0 Å². The van der Waals surface area contributed by atoms with Crippen LogP contribution in [-0.4, -0.2) is 17.5 Å². The molecule has 0 amide bonds. The third-order valence-electron chi connectivity index (χ3n) is 3.69. The molecule has 0 fully saturated rings. The molecule has 0 unspecified atom stereocenters. The molecule has 0 spiro atoms. The molecule has 0 aromatic carbocycles. The van der Waals surface area contributed by atoms with Gasteiger partial charge in [0.2, 0.25) is 0 Å². The van der Waals surface area contributed by atoms with Crippen LogP contribution in [0.1, 0.15) is 96.8 Å². The molecule has 0 aromatic rings. The first kappa shape index (κ1) is 18.6.